The summed E-state index contributed by atoms with van der Waals surface area (Å²) in [6, 6.07) is 0. The highest BCUT2D eigenvalue weighted by atomic mass is 35.5. The van der Waals surface area contributed by atoms with Gasteiger partial charge in [0.05, 0.1) is 0 Å². The predicted octanol–water partition coefficient (Wildman–Crippen LogP) is 3.10. The van der Waals surface area contributed by atoms with E-state index in [-0.39, 0.29) is 0 Å². The second-order valence-electron chi connectivity index (χ2n) is 1.58. The van der Waals surface area contributed by atoms with Gasteiger partial charge < -0.3 is 0 Å². The SMILES string of the molecule is C=CCCC/C=C/Cl. The Balaban J connectivity index is 2.82. The number of unbranched alkanes of at least 4 members (excludes halogenated alkanes) is 2. The van der Waals surface area contributed by atoms with E-state index in [1.165, 1.54) is 0 Å². The van der Waals surface area contributed by atoms with E-state index < -0.39 is 0 Å². The molecule has 0 N–H and O–H groups in total. The molecule has 8 heavy (non-hydrogen) atoms. The lowest BCUT2D eigenvalue weighted by Crippen LogP contribution is -1.65. The molecule has 46 valence electrons. The molecule has 0 rings (SSSR count). The minimum absolute atomic E-state index is 1.06. The fourth-order valence-corrected chi connectivity index (χ4v) is 0.569. The Hall–Kier alpha value is -0.230. The van der Waals surface area contributed by atoms with Gasteiger partial charge in [-0.1, -0.05) is 23.8 Å². The number of hydrogen-bond acceptors (Lipinski definition) is 0. The molecule has 0 saturated heterocycles. The van der Waals surface area contributed by atoms with Gasteiger partial charge in [-0.3, -0.25) is 0 Å². The number of allylic oxidation sites excluding steroid dienone is 2. The van der Waals surface area contributed by atoms with E-state index >= 15 is 0 Å². The molecule has 0 aromatic carbocycles. The van der Waals surface area contributed by atoms with Gasteiger partial charge in [0.2, 0.25) is 0 Å². The van der Waals surface area contributed by atoms with Crippen LogP contribution in [-0.4, -0.2) is 0 Å². The first-order valence-corrected chi connectivity index (χ1v) is 3.21. The highest BCUT2D eigenvalue weighted by Gasteiger charge is 1.76. The molecule has 0 heterocycles. The smallest absolute Gasteiger partial charge is 0.000245 e. The molecule has 0 unspecified atom stereocenters. The standard InChI is InChI=1S/C7H11Cl/c1-2-3-4-5-6-7-8/h2,6-7H,1,3-5H2/b7-6+. The van der Waals surface area contributed by atoms with E-state index in [4.69, 9.17) is 11.6 Å². The van der Waals surface area contributed by atoms with Crippen LogP contribution < -0.4 is 0 Å². The third-order valence-corrected chi connectivity index (χ3v) is 1.05. The van der Waals surface area contributed by atoms with Crippen molar-refractivity contribution in [3.8, 4) is 0 Å². The monoisotopic (exact) mass is 130 g/mol. The Morgan fingerprint density at radius 1 is 1.38 bits per heavy atom. The summed E-state index contributed by atoms with van der Waals surface area (Å²) < 4.78 is 0. The highest BCUT2D eigenvalue weighted by molar-refractivity contribution is 6.25. The molecule has 0 fully saturated rings. The van der Waals surface area contributed by atoms with E-state index in [2.05, 4.69) is 6.58 Å². The molecule has 0 spiro atoms. The van der Waals surface area contributed by atoms with Crippen LogP contribution in [0, 0.1) is 0 Å². The van der Waals surface area contributed by atoms with Gasteiger partial charge in [0.1, 0.15) is 0 Å². The minimum Gasteiger partial charge on any atom is -0.103 e. The van der Waals surface area contributed by atoms with Crippen molar-refractivity contribution in [2.75, 3.05) is 0 Å². The van der Waals surface area contributed by atoms with Crippen molar-refractivity contribution in [2.45, 2.75) is 19.3 Å². The Bertz CT molecular complexity index is 74.5. The molecule has 0 aromatic rings. The third-order valence-electron chi connectivity index (χ3n) is 0.868. The zero-order valence-electron chi connectivity index (χ0n) is 4.94. The van der Waals surface area contributed by atoms with E-state index in [0.29, 0.717) is 0 Å². The fourth-order valence-electron chi connectivity index (χ4n) is 0.443. The Labute approximate surface area is 55.9 Å². The summed E-state index contributed by atoms with van der Waals surface area (Å²) in [4.78, 5) is 0. The topological polar surface area (TPSA) is 0 Å². The van der Waals surface area contributed by atoms with Gasteiger partial charge in [-0.2, -0.15) is 0 Å². The maximum absolute atomic E-state index is 5.27. The van der Waals surface area contributed by atoms with Gasteiger partial charge in [0, 0.05) is 5.54 Å². The molecule has 0 aromatic heterocycles. The zero-order chi connectivity index (χ0) is 6.24. The maximum Gasteiger partial charge on any atom is 0.000245 e. The first-order valence-electron chi connectivity index (χ1n) is 2.78. The fraction of sp³-hybridized carbons (Fsp3) is 0.429. The summed E-state index contributed by atoms with van der Waals surface area (Å²) in [5.74, 6) is 0. The molecule has 1 heteroatoms. The van der Waals surface area contributed by atoms with Crippen molar-refractivity contribution >= 4 is 11.6 Å². The first kappa shape index (κ1) is 7.77. The summed E-state index contributed by atoms with van der Waals surface area (Å²) in [7, 11) is 0. The zero-order valence-corrected chi connectivity index (χ0v) is 5.69. The molecule has 0 saturated carbocycles. The van der Waals surface area contributed by atoms with Crippen LogP contribution in [0.25, 0.3) is 0 Å². The molecule has 0 atom stereocenters. The molecule has 0 aliphatic carbocycles. The van der Waals surface area contributed by atoms with Crippen LogP contribution in [0.15, 0.2) is 24.3 Å². The molecular formula is C7H11Cl. The number of hydrogen-bond donors (Lipinski definition) is 0. The van der Waals surface area contributed by atoms with E-state index in [1.807, 2.05) is 12.2 Å². The molecule has 0 bridgehead atoms. The van der Waals surface area contributed by atoms with Crippen LogP contribution in [0.1, 0.15) is 19.3 Å². The Morgan fingerprint density at radius 2 is 2.12 bits per heavy atom. The summed E-state index contributed by atoms with van der Waals surface area (Å²) in [5.41, 5.74) is 1.56. The normalized spacial score (nSPS) is 10.1. The van der Waals surface area contributed by atoms with Crippen molar-refractivity contribution < 1.29 is 0 Å². The molecule has 0 nitrogen and oxygen atoms in total. The summed E-state index contributed by atoms with van der Waals surface area (Å²) in [5, 5.41) is 0. The average Bonchev–Trinajstić information content (AvgIpc) is 1.81. The summed E-state index contributed by atoms with van der Waals surface area (Å²) >= 11 is 5.27. The van der Waals surface area contributed by atoms with Crippen LogP contribution in [0.4, 0.5) is 0 Å². The number of rotatable bonds is 4. The average molecular weight is 131 g/mol. The first-order chi connectivity index (χ1) is 3.91. The van der Waals surface area contributed by atoms with E-state index in [1.54, 1.807) is 5.54 Å². The summed E-state index contributed by atoms with van der Waals surface area (Å²) in [6.45, 7) is 3.60. The van der Waals surface area contributed by atoms with Crippen LogP contribution in [0.5, 0.6) is 0 Å². The van der Waals surface area contributed by atoms with Gasteiger partial charge in [0.15, 0.2) is 0 Å². The van der Waals surface area contributed by atoms with Crippen LogP contribution in [0.2, 0.25) is 0 Å². The predicted molar refractivity (Wildman–Crippen MR) is 39.0 cm³/mol. The van der Waals surface area contributed by atoms with Crippen LogP contribution in [-0.2, 0) is 0 Å². The van der Waals surface area contributed by atoms with Gasteiger partial charge in [-0.25, -0.2) is 0 Å². The minimum atomic E-state index is 1.06. The highest BCUT2D eigenvalue weighted by Crippen LogP contribution is 1.96. The maximum atomic E-state index is 5.27. The van der Waals surface area contributed by atoms with Crippen molar-refractivity contribution in [3.05, 3.63) is 24.3 Å². The van der Waals surface area contributed by atoms with Crippen molar-refractivity contribution in [3.63, 3.8) is 0 Å². The Morgan fingerprint density at radius 3 is 2.62 bits per heavy atom. The summed E-state index contributed by atoms with van der Waals surface area (Å²) in [6.07, 6.45) is 7.18. The van der Waals surface area contributed by atoms with E-state index in [9.17, 15) is 0 Å². The molecular weight excluding hydrogens is 120 g/mol. The van der Waals surface area contributed by atoms with Crippen molar-refractivity contribution in [1.29, 1.82) is 0 Å². The lowest BCUT2D eigenvalue weighted by Gasteiger charge is -1.85. The van der Waals surface area contributed by atoms with Crippen molar-refractivity contribution in [1.82, 2.24) is 0 Å². The molecule has 0 aliphatic heterocycles. The molecule has 0 amide bonds. The number of halogens is 1. The van der Waals surface area contributed by atoms with Gasteiger partial charge in [-0.15, -0.1) is 6.58 Å². The largest absolute Gasteiger partial charge is 0.103 e. The van der Waals surface area contributed by atoms with Gasteiger partial charge >= 0.3 is 0 Å². The van der Waals surface area contributed by atoms with Crippen LogP contribution in [0.3, 0.4) is 0 Å². The lowest BCUT2D eigenvalue weighted by molar-refractivity contribution is 0.870. The second kappa shape index (κ2) is 6.77. The molecule has 0 radical (unpaired) electrons. The van der Waals surface area contributed by atoms with Crippen molar-refractivity contribution in [2.24, 2.45) is 0 Å². The third kappa shape index (κ3) is 5.77. The van der Waals surface area contributed by atoms with Crippen LogP contribution >= 0.6 is 11.6 Å². The molecule has 0 aliphatic rings. The Kier molecular flexibility index (Phi) is 6.58. The quantitative estimate of drug-likeness (QED) is 0.405. The van der Waals surface area contributed by atoms with Gasteiger partial charge in [-0.05, 0) is 19.3 Å². The second-order valence-corrected chi connectivity index (χ2v) is 1.83. The lowest BCUT2D eigenvalue weighted by atomic mass is 10.2. The van der Waals surface area contributed by atoms with Gasteiger partial charge in [0.25, 0.3) is 0 Å². The van der Waals surface area contributed by atoms with E-state index in [0.717, 1.165) is 19.3 Å².